The Labute approximate surface area is 182 Å². The van der Waals surface area contributed by atoms with E-state index in [9.17, 15) is 10.1 Å². The van der Waals surface area contributed by atoms with Gasteiger partial charge in [-0.3, -0.25) is 10.1 Å². The molecule has 1 aliphatic carbocycles. The molecule has 4 aromatic rings. The molecule has 0 amide bonds. The van der Waals surface area contributed by atoms with E-state index in [2.05, 4.69) is 5.10 Å². The number of fused-ring (bicyclic) bond motifs is 1. The molecular formula is C23H18N4O3S. The van der Waals surface area contributed by atoms with Gasteiger partial charge in [-0.15, -0.1) is 11.3 Å². The zero-order valence-corrected chi connectivity index (χ0v) is 17.5. The van der Waals surface area contributed by atoms with E-state index >= 15 is 0 Å². The normalized spacial score (nSPS) is 14.0. The second-order valence-electron chi connectivity index (χ2n) is 7.20. The Morgan fingerprint density at radius 3 is 2.81 bits per heavy atom. The van der Waals surface area contributed by atoms with Gasteiger partial charge in [0.2, 0.25) is 5.13 Å². The summed E-state index contributed by atoms with van der Waals surface area (Å²) in [4.78, 5) is 15.5. The van der Waals surface area contributed by atoms with Crippen molar-refractivity contribution in [1.29, 1.82) is 0 Å². The van der Waals surface area contributed by atoms with Crippen LogP contribution in [0.4, 0.5) is 5.69 Å². The Bertz CT molecular complexity index is 1300. The maximum absolute atomic E-state index is 11.1. The molecule has 0 fully saturated rings. The minimum atomic E-state index is -0.372. The number of nitrogens with zero attached hydrogens (tertiary/aromatic N) is 4. The highest BCUT2D eigenvalue weighted by Crippen LogP contribution is 2.36. The molecular weight excluding hydrogens is 412 g/mol. The first-order valence-electron chi connectivity index (χ1n) is 9.75. The number of aromatic nitrogens is 3. The highest BCUT2D eigenvalue weighted by Gasteiger charge is 2.24. The number of hydrogen-bond donors (Lipinski definition) is 0. The van der Waals surface area contributed by atoms with Crippen molar-refractivity contribution >= 4 is 28.7 Å². The number of rotatable bonds is 5. The Morgan fingerprint density at radius 2 is 2.03 bits per heavy atom. The summed E-state index contributed by atoms with van der Waals surface area (Å²) >= 11 is 1.53. The number of nitro benzene ring substituents is 1. The fourth-order valence-corrected chi connectivity index (χ4v) is 4.56. The lowest BCUT2D eigenvalue weighted by molar-refractivity contribution is -0.384. The highest BCUT2D eigenvalue weighted by atomic mass is 32.1. The van der Waals surface area contributed by atoms with Crippen LogP contribution in [0, 0.1) is 10.1 Å². The van der Waals surface area contributed by atoms with E-state index in [-0.39, 0.29) is 10.6 Å². The molecule has 0 saturated heterocycles. The van der Waals surface area contributed by atoms with Crippen LogP contribution in [0.15, 0.2) is 60.1 Å². The zero-order chi connectivity index (χ0) is 21.4. The monoisotopic (exact) mass is 430 g/mol. The van der Waals surface area contributed by atoms with Crippen molar-refractivity contribution in [3.8, 4) is 22.1 Å². The number of thiazole rings is 1. The average molecular weight is 430 g/mol. The van der Waals surface area contributed by atoms with Gasteiger partial charge in [0, 0.05) is 23.1 Å². The molecule has 0 bridgehead atoms. The third kappa shape index (κ3) is 3.62. The number of methoxy groups -OCH3 is 1. The summed E-state index contributed by atoms with van der Waals surface area (Å²) in [5, 5.41) is 18.5. The van der Waals surface area contributed by atoms with E-state index in [1.165, 1.54) is 17.4 Å². The van der Waals surface area contributed by atoms with Crippen molar-refractivity contribution in [3.05, 3.63) is 87.0 Å². The second-order valence-corrected chi connectivity index (χ2v) is 8.03. The first-order valence-corrected chi connectivity index (χ1v) is 10.6. The SMILES string of the molecule is COc1ccc(-c2csc(-n3ncc4c3/C(=C/c3cccc([N+](=O)[O-])c3)CC4)n2)cc1. The lowest BCUT2D eigenvalue weighted by Gasteiger charge is -2.05. The first kappa shape index (κ1) is 19.2. The van der Waals surface area contributed by atoms with Gasteiger partial charge in [0.25, 0.3) is 5.69 Å². The zero-order valence-electron chi connectivity index (χ0n) is 16.7. The molecule has 2 aromatic heterocycles. The van der Waals surface area contributed by atoms with Crippen molar-refractivity contribution in [3.63, 3.8) is 0 Å². The smallest absolute Gasteiger partial charge is 0.270 e. The van der Waals surface area contributed by atoms with Crippen LogP contribution in [0.2, 0.25) is 0 Å². The van der Waals surface area contributed by atoms with E-state index < -0.39 is 0 Å². The molecule has 0 spiro atoms. The number of non-ortho nitro benzene ring substituents is 1. The van der Waals surface area contributed by atoms with Crippen molar-refractivity contribution in [2.24, 2.45) is 0 Å². The average Bonchev–Trinajstić information content (AvgIpc) is 3.52. The standard InChI is InChI=1S/C23H18N4O3S/c1-30-20-9-7-16(8-10-20)21-14-31-23(25-21)26-22-17(5-6-18(22)13-24-26)11-15-3-2-4-19(12-15)27(28)29/h2-4,7-14H,5-6H2,1H3/b17-11+. The number of ether oxygens (including phenoxy) is 1. The third-order valence-corrected chi connectivity index (χ3v) is 6.11. The summed E-state index contributed by atoms with van der Waals surface area (Å²) < 4.78 is 7.10. The molecule has 0 atom stereocenters. The van der Waals surface area contributed by atoms with Crippen molar-refractivity contribution in [2.45, 2.75) is 12.8 Å². The number of benzene rings is 2. The molecule has 0 N–H and O–H groups in total. The molecule has 2 heterocycles. The highest BCUT2D eigenvalue weighted by molar-refractivity contribution is 7.12. The number of aryl methyl sites for hydroxylation is 1. The van der Waals surface area contributed by atoms with Crippen LogP contribution in [0.1, 0.15) is 23.2 Å². The topological polar surface area (TPSA) is 83.1 Å². The molecule has 0 saturated carbocycles. The summed E-state index contributed by atoms with van der Waals surface area (Å²) in [6.07, 6.45) is 5.66. The third-order valence-electron chi connectivity index (χ3n) is 5.29. The van der Waals surface area contributed by atoms with Crippen LogP contribution in [0.3, 0.4) is 0 Å². The molecule has 8 heteroatoms. The summed E-state index contributed by atoms with van der Waals surface area (Å²) in [5.41, 5.74) is 6.09. The minimum absolute atomic E-state index is 0.0881. The molecule has 0 aliphatic heterocycles. The number of nitro groups is 1. The Kier molecular flexibility index (Phi) is 4.83. The predicted molar refractivity (Wildman–Crippen MR) is 121 cm³/mol. The first-order chi connectivity index (χ1) is 15.1. The van der Waals surface area contributed by atoms with Gasteiger partial charge in [-0.2, -0.15) is 5.10 Å². The molecule has 5 rings (SSSR count). The lowest BCUT2D eigenvalue weighted by Crippen LogP contribution is -2.00. The van der Waals surface area contributed by atoms with Gasteiger partial charge in [-0.25, -0.2) is 9.67 Å². The molecule has 0 radical (unpaired) electrons. The van der Waals surface area contributed by atoms with Crippen molar-refractivity contribution in [2.75, 3.05) is 7.11 Å². The van der Waals surface area contributed by atoms with E-state index in [1.54, 1.807) is 19.2 Å². The van der Waals surface area contributed by atoms with Crippen LogP contribution in [-0.2, 0) is 6.42 Å². The van der Waals surface area contributed by atoms with Crippen molar-refractivity contribution < 1.29 is 9.66 Å². The number of hydrogen-bond acceptors (Lipinski definition) is 6. The van der Waals surface area contributed by atoms with Crippen LogP contribution in [0.25, 0.3) is 28.0 Å². The Balaban J connectivity index is 1.49. The van der Waals surface area contributed by atoms with E-state index in [0.29, 0.717) is 0 Å². The van der Waals surface area contributed by atoms with Gasteiger partial charge < -0.3 is 4.74 Å². The van der Waals surface area contributed by atoms with Crippen LogP contribution >= 0.6 is 11.3 Å². The summed E-state index contributed by atoms with van der Waals surface area (Å²) in [7, 11) is 1.65. The Hall–Kier alpha value is -3.78. The van der Waals surface area contributed by atoms with Crippen LogP contribution in [0.5, 0.6) is 5.75 Å². The molecule has 31 heavy (non-hydrogen) atoms. The molecule has 154 valence electrons. The van der Waals surface area contributed by atoms with E-state index in [4.69, 9.17) is 9.72 Å². The van der Waals surface area contributed by atoms with E-state index in [1.807, 2.05) is 52.7 Å². The van der Waals surface area contributed by atoms with Gasteiger partial charge in [-0.05, 0) is 59.9 Å². The fourth-order valence-electron chi connectivity index (χ4n) is 3.77. The van der Waals surface area contributed by atoms with Gasteiger partial charge in [0.05, 0.1) is 29.6 Å². The fraction of sp³-hybridized carbons (Fsp3) is 0.130. The van der Waals surface area contributed by atoms with Gasteiger partial charge in [0.15, 0.2) is 0 Å². The van der Waals surface area contributed by atoms with E-state index in [0.717, 1.165) is 57.4 Å². The number of allylic oxidation sites excluding steroid dienone is 1. The molecule has 2 aromatic carbocycles. The summed E-state index contributed by atoms with van der Waals surface area (Å²) in [6.45, 7) is 0. The second kappa shape index (κ2) is 7.81. The lowest BCUT2D eigenvalue weighted by atomic mass is 10.1. The quantitative estimate of drug-likeness (QED) is 0.313. The minimum Gasteiger partial charge on any atom is -0.497 e. The molecule has 1 aliphatic rings. The van der Waals surface area contributed by atoms with Crippen LogP contribution < -0.4 is 4.74 Å². The predicted octanol–water partition coefficient (Wildman–Crippen LogP) is 5.40. The Morgan fingerprint density at radius 1 is 1.19 bits per heavy atom. The largest absolute Gasteiger partial charge is 0.497 e. The maximum atomic E-state index is 11.1. The summed E-state index contributed by atoms with van der Waals surface area (Å²) in [5.74, 6) is 0.806. The van der Waals surface area contributed by atoms with Crippen LogP contribution in [-0.4, -0.2) is 26.8 Å². The molecule has 7 nitrogen and oxygen atoms in total. The van der Waals surface area contributed by atoms with Gasteiger partial charge in [-0.1, -0.05) is 12.1 Å². The molecule has 0 unspecified atom stereocenters. The summed E-state index contributed by atoms with van der Waals surface area (Å²) in [6, 6.07) is 14.5. The van der Waals surface area contributed by atoms with Gasteiger partial charge >= 0.3 is 0 Å². The maximum Gasteiger partial charge on any atom is 0.270 e. The van der Waals surface area contributed by atoms with Crippen molar-refractivity contribution in [1.82, 2.24) is 14.8 Å². The van der Waals surface area contributed by atoms with Gasteiger partial charge in [0.1, 0.15) is 5.75 Å².